The zero-order valence-corrected chi connectivity index (χ0v) is 21.8. The molecular weight excluding hydrogens is 448 g/mol. The number of hydrogen-bond acceptors (Lipinski definition) is 4. The average molecular weight is 489 g/mol. The van der Waals surface area contributed by atoms with E-state index in [4.69, 9.17) is 18.9 Å². The molecule has 2 saturated heterocycles. The Labute approximate surface area is 216 Å². The summed E-state index contributed by atoms with van der Waals surface area (Å²) >= 11 is 0. The maximum Gasteiger partial charge on any atom is 0.130 e. The summed E-state index contributed by atoms with van der Waals surface area (Å²) in [5, 5.41) is 0. The van der Waals surface area contributed by atoms with E-state index < -0.39 is 0 Å². The summed E-state index contributed by atoms with van der Waals surface area (Å²) in [5.74, 6) is 2.69. The molecule has 192 valence electrons. The van der Waals surface area contributed by atoms with Gasteiger partial charge in [-0.15, -0.1) is 0 Å². The van der Waals surface area contributed by atoms with Gasteiger partial charge in [-0.25, -0.2) is 0 Å². The lowest BCUT2D eigenvalue weighted by molar-refractivity contribution is 0.259. The SMILES string of the molecule is CCCCC(CC)Cc1cccc(C2=CCC(c3ccc(OCC4CO4)cc3)=CC2)c1OCC1CO1. The van der Waals surface area contributed by atoms with Gasteiger partial charge in [-0.1, -0.05) is 82.0 Å². The maximum atomic E-state index is 6.45. The van der Waals surface area contributed by atoms with Gasteiger partial charge in [0.15, 0.2) is 0 Å². The highest BCUT2D eigenvalue weighted by atomic mass is 16.6. The third kappa shape index (κ3) is 6.80. The van der Waals surface area contributed by atoms with E-state index in [1.54, 1.807) is 0 Å². The smallest absolute Gasteiger partial charge is 0.130 e. The van der Waals surface area contributed by atoms with Crippen LogP contribution in [0.15, 0.2) is 54.6 Å². The Morgan fingerprint density at radius 3 is 2.19 bits per heavy atom. The van der Waals surface area contributed by atoms with E-state index in [-0.39, 0.29) is 12.2 Å². The Morgan fingerprint density at radius 2 is 1.56 bits per heavy atom. The molecule has 4 nitrogen and oxygen atoms in total. The third-order valence-electron chi connectivity index (χ3n) is 7.51. The van der Waals surface area contributed by atoms with Crippen LogP contribution < -0.4 is 9.47 Å². The summed E-state index contributed by atoms with van der Waals surface area (Å²) in [4.78, 5) is 0. The minimum atomic E-state index is 0.253. The molecule has 2 aromatic rings. The van der Waals surface area contributed by atoms with Crippen molar-refractivity contribution in [3.05, 3.63) is 71.3 Å². The van der Waals surface area contributed by atoms with E-state index in [9.17, 15) is 0 Å². The summed E-state index contributed by atoms with van der Waals surface area (Å²) in [5.41, 5.74) is 6.58. The van der Waals surface area contributed by atoms with E-state index >= 15 is 0 Å². The van der Waals surface area contributed by atoms with Gasteiger partial charge in [-0.2, -0.15) is 0 Å². The molecule has 36 heavy (non-hydrogen) atoms. The summed E-state index contributed by atoms with van der Waals surface area (Å²) < 4.78 is 22.9. The van der Waals surface area contributed by atoms with Crippen molar-refractivity contribution in [2.24, 2.45) is 5.92 Å². The van der Waals surface area contributed by atoms with Gasteiger partial charge in [0.1, 0.15) is 36.9 Å². The number of para-hydroxylation sites is 1. The van der Waals surface area contributed by atoms with Gasteiger partial charge in [-0.3, -0.25) is 0 Å². The molecule has 2 aromatic carbocycles. The second kappa shape index (κ2) is 12.1. The molecule has 2 heterocycles. The normalized spacial score (nSPS) is 21.4. The fraction of sp³-hybridized carbons (Fsp3) is 0.500. The van der Waals surface area contributed by atoms with E-state index in [0.29, 0.717) is 19.1 Å². The molecule has 2 fully saturated rings. The van der Waals surface area contributed by atoms with Crippen LogP contribution in [0.3, 0.4) is 0 Å². The highest BCUT2D eigenvalue weighted by Crippen LogP contribution is 2.38. The molecule has 5 rings (SSSR count). The van der Waals surface area contributed by atoms with Gasteiger partial charge in [0, 0.05) is 5.56 Å². The predicted octanol–water partition coefficient (Wildman–Crippen LogP) is 7.26. The van der Waals surface area contributed by atoms with Gasteiger partial charge in [-0.05, 0) is 59.6 Å². The lowest BCUT2D eigenvalue weighted by Gasteiger charge is -2.22. The van der Waals surface area contributed by atoms with Crippen LogP contribution in [0.5, 0.6) is 11.5 Å². The van der Waals surface area contributed by atoms with Crippen LogP contribution in [0, 0.1) is 5.92 Å². The Balaban J connectivity index is 1.28. The molecule has 4 heteroatoms. The Bertz CT molecular complexity index is 1060. The largest absolute Gasteiger partial charge is 0.491 e. The molecule has 0 spiro atoms. The number of allylic oxidation sites excluding steroid dienone is 4. The molecule has 0 bridgehead atoms. The molecule has 1 aliphatic carbocycles. The Kier molecular flexibility index (Phi) is 8.45. The average Bonchev–Trinajstić information content (AvgIpc) is 3.85. The fourth-order valence-corrected chi connectivity index (χ4v) is 4.97. The molecule has 2 aliphatic heterocycles. The fourth-order valence-electron chi connectivity index (χ4n) is 4.97. The van der Waals surface area contributed by atoms with Crippen molar-refractivity contribution in [1.29, 1.82) is 0 Å². The number of ether oxygens (including phenoxy) is 4. The second-order valence-corrected chi connectivity index (χ2v) is 10.3. The van der Waals surface area contributed by atoms with Gasteiger partial charge < -0.3 is 18.9 Å². The Morgan fingerprint density at radius 1 is 0.861 bits per heavy atom. The molecule has 3 aliphatic rings. The molecular formula is C32H40O4. The van der Waals surface area contributed by atoms with Crippen molar-refractivity contribution in [3.63, 3.8) is 0 Å². The standard InChI is InChI=1S/C32H40O4/c1-3-5-7-23(4-2)18-27-8-6-9-31(32(27)36-22-30-21-35-30)26-12-10-24(11-13-26)25-14-16-28(17-15-25)33-19-29-20-34-29/h6,8-10,13-17,23,29-30H,3-5,7,11-12,18-22H2,1-2H3. The molecule has 0 aromatic heterocycles. The van der Waals surface area contributed by atoms with Crippen LogP contribution in [0.2, 0.25) is 0 Å². The lowest BCUT2D eigenvalue weighted by Crippen LogP contribution is -2.11. The number of hydrogen-bond donors (Lipinski definition) is 0. The lowest BCUT2D eigenvalue weighted by atomic mass is 9.87. The van der Waals surface area contributed by atoms with E-state index in [1.807, 2.05) is 0 Å². The van der Waals surface area contributed by atoms with Crippen LogP contribution in [-0.4, -0.2) is 38.6 Å². The van der Waals surface area contributed by atoms with Crippen molar-refractivity contribution in [2.45, 2.75) is 71.0 Å². The minimum absolute atomic E-state index is 0.253. The van der Waals surface area contributed by atoms with Gasteiger partial charge >= 0.3 is 0 Å². The first-order valence-electron chi connectivity index (χ1n) is 13.8. The summed E-state index contributed by atoms with van der Waals surface area (Å²) in [6.45, 7) is 7.52. The first-order valence-corrected chi connectivity index (χ1v) is 13.8. The van der Waals surface area contributed by atoms with E-state index in [2.05, 4.69) is 68.5 Å². The highest BCUT2D eigenvalue weighted by Gasteiger charge is 2.26. The van der Waals surface area contributed by atoms with Crippen LogP contribution in [0.25, 0.3) is 11.1 Å². The summed E-state index contributed by atoms with van der Waals surface area (Å²) in [6.07, 6.45) is 13.3. The molecule has 0 N–H and O–H groups in total. The molecule has 0 saturated carbocycles. The van der Waals surface area contributed by atoms with Crippen LogP contribution in [0.4, 0.5) is 0 Å². The zero-order chi connectivity index (χ0) is 24.7. The first kappa shape index (κ1) is 25.1. The quantitative estimate of drug-likeness (QED) is 0.263. The molecule has 3 atom stereocenters. The monoisotopic (exact) mass is 488 g/mol. The molecule has 3 unspecified atom stereocenters. The topological polar surface area (TPSA) is 43.5 Å². The zero-order valence-electron chi connectivity index (χ0n) is 21.8. The van der Waals surface area contributed by atoms with Crippen molar-refractivity contribution in [1.82, 2.24) is 0 Å². The predicted molar refractivity (Wildman–Crippen MR) is 146 cm³/mol. The summed E-state index contributed by atoms with van der Waals surface area (Å²) in [6, 6.07) is 15.2. The highest BCUT2D eigenvalue weighted by molar-refractivity contribution is 5.80. The number of rotatable bonds is 14. The number of epoxide rings is 2. The van der Waals surface area contributed by atoms with Gasteiger partial charge in [0.05, 0.1) is 13.2 Å². The van der Waals surface area contributed by atoms with E-state index in [1.165, 1.54) is 53.5 Å². The van der Waals surface area contributed by atoms with Crippen molar-refractivity contribution in [3.8, 4) is 11.5 Å². The van der Waals surface area contributed by atoms with Gasteiger partial charge in [0.2, 0.25) is 0 Å². The van der Waals surface area contributed by atoms with Crippen molar-refractivity contribution >= 4 is 11.1 Å². The number of unbranched alkanes of at least 4 members (excludes halogenated alkanes) is 1. The van der Waals surface area contributed by atoms with Crippen molar-refractivity contribution < 1.29 is 18.9 Å². The minimum Gasteiger partial charge on any atom is -0.491 e. The van der Waals surface area contributed by atoms with Gasteiger partial charge in [0.25, 0.3) is 0 Å². The molecule has 0 amide bonds. The van der Waals surface area contributed by atoms with E-state index in [0.717, 1.165) is 44.0 Å². The van der Waals surface area contributed by atoms with Crippen LogP contribution >= 0.6 is 0 Å². The van der Waals surface area contributed by atoms with Crippen molar-refractivity contribution in [2.75, 3.05) is 26.4 Å². The maximum absolute atomic E-state index is 6.45. The van der Waals surface area contributed by atoms with Crippen LogP contribution in [-0.2, 0) is 15.9 Å². The molecule has 0 radical (unpaired) electrons. The second-order valence-electron chi connectivity index (χ2n) is 10.3. The Hall–Kier alpha value is -2.56. The first-order chi connectivity index (χ1) is 17.7. The number of benzene rings is 2. The third-order valence-corrected chi connectivity index (χ3v) is 7.51. The summed E-state index contributed by atoms with van der Waals surface area (Å²) in [7, 11) is 0. The van der Waals surface area contributed by atoms with Crippen LogP contribution in [0.1, 0.15) is 69.1 Å².